The van der Waals surface area contributed by atoms with E-state index in [1.54, 1.807) is 6.20 Å². The van der Waals surface area contributed by atoms with Gasteiger partial charge in [-0.25, -0.2) is 0 Å². The van der Waals surface area contributed by atoms with Crippen molar-refractivity contribution >= 4 is 5.78 Å². The van der Waals surface area contributed by atoms with Gasteiger partial charge in [0.15, 0.2) is 0 Å². The van der Waals surface area contributed by atoms with Crippen molar-refractivity contribution in [2.24, 2.45) is 0 Å². The van der Waals surface area contributed by atoms with Crippen molar-refractivity contribution in [3.63, 3.8) is 0 Å². The van der Waals surface area contributed by atoms with Crippen molar-refractivity contribution in [2.75, 3.05) is 32.8 Å². The minimum Gasteiger partial charge on any atom is -0.489 e. The van der Waals surface area contributed by atoms with Crippen LogP contribution in [0.2, 0.25) is 0 Å². The van der Waals surface area contributed by atoms with Crippen LogP contribution in [0.15, 0.2) is 48.7 Å². The summed E-state index contributed by atoms with van der Waals surface area (Å²) < 4.78 is 11.1. The van der Waals surface area contributed by atoms with Gasteiger partial charge in [-0.05, 0) is 11.6 Å². The summed E-state index contributed by atoms with van der Waals surface area (Å²) in [5.74, 6) is 0.953. The number of rotatable bonds is 8. The van der Waals surface area contributed by atoms with Gasteiger partial charge < -0.3 is 9.47 Å². The summed E-state index contributed by atoms with van der Waals surface area (Å²) >= 11 is 0. The number of nitrogens with zero attached hydrogens (tertiary/aromatic N) is 2. The molecule has 1 aliphatic heterocycles. The zero-order valence-electron chi connectivity index (χ0n) is 14.4. The van der Waals surface area contributed by atoms with E-state index in [0.717, 1.165) is 49.9 Å². The second-order valence-electron chi connectivity index (χ2n) is 6.18. The number of ketones is 1. The molecular weight excluding hydrogens is 316 g/mol. The highest BCUT2D eigenvalue weighted by Crippen LogP contribution is 2.14. The lowest BCUT2D eigenvalue weighted by atomic mass is 10.1. The Morgan fingerprint density at radius 1 is 1.16 bits per heavy atom. The molecule has 3 rings (SSSR count). The monoisotopic (exact) mass is 340 g/mol. The second kappa shape index (κ2) is 9.30. The molecule has 1 aromatic heterocycles. The Morgan fingerprint density at radius 2 is 1.96 bits per heavy atom. The predicted molar refractivity (Wildman–Crippen MR) is 95.6 cm³/mol. The fourth-order valence-corrected chi connectivity index (χ4v) is 2.78. The van der Waals surface area contributed by atoms with Gasteiger partial charge in [-0.3, -0.25) is 14.7 Å². The topological polar surface area (TPSA) is 51.7 Å². The molecule has 25 heavy (non-hydrogen) atoms. The first kappa shape index (κ1) is 17.6. The summed E-state index contributed by atoms with van der Waals surface area (Å²) in [6.07, 6.45) is 2.61. The van der Waals surface area contributed by atoms with Crippen molar-refractivity contribution < 1.29 is 14.3 Å². The van der Waals surface area contributed by atoms with Gasteiger partial charge in [-0.15, -0.1) is 0 Å². The minimum absolute atomic E-state index is 0.208. The van der Waals surface area contributed by atoms with E-state index in [2.05, 4.69) is 9.88 Å². The Bertz CT molecular complexity index is 670. The lowest BCUT2D eigenvalue weighted by molar-refractivity contribution is -0.119. The van der Waals surface area contributed by atoms with Crippen molar-refractivity contribution in [3.8, 4) is 5.75 Å². The molecule has 1 aromatic carbocycles. The van der Waals surface area contributed by atoms with Crippen LogP contribution in [-0.4, -0.2) is 48.5 Å². The molecule has 0 amide bonds. The number of Topliss-reactive ketones (excluding diaryl/α,β-unsaturated/α-hetero) is 1. The van der Waals surface area contributed by atoms with Gasteiger partial charge in [0.05, 0.1) is 18.9 Å². The molecule has 1 fully saturated rings. The summed E-state index contributed by atoms with van der Waals surface area (Å²) in [7, 11) is 0. The Kier molecular flexibility index (Phi) is 6.54. The number of aromatic nitrogens is 1. The quantitative estimate of drug-likeness (QED) is 0.739. The van der Waals surface area contributed by atoms with Gasteiger partial charge in [0.2, 0.25) is 0 Å². The molecule has 1 saturated heterocycles. The lowest BCUT2D eigenvalue weighted by Gasteiger charge is -2.26. The molecule has 132 valence electrons. The average molecular weight is 340 g/mol. The van der Waals surface area contributed by atoms with Gasteiger partial charge in [0, 0.05) is 44.7 Å². The zero-order valence-corrected chi connectivity index (χ0v) is 14.4. The Hall–Kier alpha value is -2.24. The summed E-state index contributed by atoms with van der Waals surface area (Å²) in [5.41, 5.74) is 1.87. The van der Waals surface area contributed by atoms with Gasteiger partial charge in [0.25, 0.3) is 0 Å². The van der Waals surface area contributed by atoms with Crippen LogP contribution in [0.4, 0.5) is 0 Å². The number of carbonyl (C=O) groups excluding carboxylic acids is 1. The fourth-order valence-electron chi connectivity index (χ4n) is 2.78. The maximum Gasteiger partial charge on any atom is 0.140 e. The number of carbonyl (C=O) groups is 1. The Morgan fingerprint density at radius 3 is 2.76 bits per heavy atom. The summed E-state index contributed by atoms with van der Waals surface area (Å²) in [4.78, 5) is 18.8. The maximum absolute atomic E-state index is 12.2. The molecule has 0 N–H and O–H groups in total. The molecule has 0 radical (unpaired) electrons. The summed E-state index contributed by atoms with van der Waals surface area (Å²) in [6.45, 7) is 4.65. The highest BCUT2D eigenvalue weighted by Gasteiger charge is 2.13. The van der Waals surface area contributed by atoms with E-state index in [1.807, 2.05) is 42.5 Å². The number of benzene rings is 1. The fraction of sp³-hybridized carbons (Fsp3) is 0.400. The van der Waals surface area contributed by atoms with E-state index in [9.17, 15) is 4.79 Å². The zero-order chi connectivity index (χ0) is 17.3. The third kappa shape index (κ3) is 5.96. The van der Waals surface area contributed by atoms with E-state index >= 15 is 0 Å². The van der Waals surface area contributed by atoms with E-state index in [4.69, 9.17) is 9.47 Å². The highest BCUT2D eigenvalue weighted by atomic mass is 16.5. The van der Waals surface area contributed by atoms with Gasteiger partial charge in [-0.2, -0.15) is 0 Å². The number of morpholine rings is 1. The molecule has 0 spiro atoms. The van der Waals surface area contributed by atoms with Crippen molar-refractivity contribution in [2.45, 2.75) is 19.4 Å². The minimum atomic E-state index is 0.208. The van der Waals surface area contributed by atoms with Crippen LogP contribution < -0.4 is 4.74 Å². The van der Waals surface area contributed by atoms with E-state index in [1.165, 1.54) is 0 Å². The first-order valence-corrected chi connectivity index (χ1v) is 8.73. The van der Waals surface area contributed by atoms with Crippen LogP contribution in [0.3, 0.4) is 0 Å². The van der Waals surface area contributed by atoms with Crippen LogP contribution >= 0.6 is 0 Å². The lowest BCUT2D eigenvalue weighted by Crippen LogP contribution is -2.37. The second-order valence-corrected chi connectivity index (χ2v) is 6.18. The van der Waals surface area contributed by atoms with Gasteiger partial charge >= 0.3 is 0 Å². The van der Waals surface area contributed by atoms with E-state index in [0.29, 0.717) is 19.4 Å². The summed E-state index contributed by atoms with van der Waals surface area (Å²) in [6, 6.07) is 13.7. The molecule has 5 heteroatoms. The van der Waals surface area contributed by atoms with Crippen molar-refractivity contribution in [3.05, 3.63) is 59.9 Å². The number of hydrogen-bond acceptors (Lipinski definition) is 5. The number of hydrogen-bond donors (Lipinski definition) is 0. The van der Waals surface area contributed by atoms with Crippen LogP contribution in [0.25, 0.3) is 0 Å². The number of pyridine rings is 1. The largest absolute Gasteiger partial charge is 0.489 e. The Balaban J connectivity index is 1.46. The molecule has 1 aliphatic rings. The van der Waals surface area contributed by atoms with Crippen LogP contribution in [0.1, 0.15) is 17.7 Å². The van der Waals surface area contributed by atoms with E-state index < -0.39 is 0 Å². The smallest absolute Gasteiger partial charge is 0.140 e. The SMILES string of the molecule is O=C(CCN1CCOCC1)Cc1cc(OCc2ccccc2)ccn1. The van der Waals surface area contributed by atoms with Crippen molar-refractivity contribution in [1.82, 2.24) is 9.88 Å². The molecule has 2 aromatic rings. The van der Waals surface area contributed by atoms with Crippen LogP contribution in [0.5, 0.6) is 5.75 Å². The maximum atomic E-state index is 12.2. The van der Waals surface area contributed by atoms with Gasteiger partial charge in [-0.1, -0.05) is 30.3 Å². The molecule has 0 bridgehead atoms. The van der Waals surface area contributed by atoms with Crippen LogP contribution in [0, 0.1) is 0 Å². The van der Waals surface area contributed by atoms with Gasteiger partial charge in [0.1, 0.15) is 18.1 Å². The number of ether oxygens (including phenoxy) is 2. The average Bonchev–Trinajstić information content (AvgIpc) is 2.67. The first-order chi connectivity index (χ1) is 12.3. The molecular formula is C20H24N2O3. The highest BCUT2D eigenvalue weighted by molar-refractivity contribution is 5.80. The molecule has 2 heterocycles. The molecule has 0 atom stereocenters. The third-order valence-electron chi connectivity index (χ3n) is 4.23. The third-order valence-corrected chi connectivity index (χ3v) is 4.23. The normalized spacial score (nSPS) is 15.0. The standard InChI is InChI=1S/C20H24N2O3/c23-19(7-9-22-10-12-24-13-11-22)14-18-15-20(6-8-21-18)25-16-17-4-2-1-3-5-17/h1-6,8,15H,7,9-14,16H2. The molecule has 0 unspecified atom stereocenters. The Labute approximate surface area is 148 Å². The van der Waals surface area contributed by atoms with E-state index in [-0.39, 0.29) is 5.78 Å². The molecule has 0 saturated carbocycles. The molecule has 0 aliphatic carbocycles. The predicted octanol–water partition coefficient (Wildman–Crippen LogP) is 2.49. The molecule has 5 nitrogen and oxygen atoms in total. The van der Waals surface area contributed by atoms with Crippen LogP contribution in [-0.2, 0) is 22.6 Å². The summed E-state index contributed by atoms with van der Waals surface area (Å²) in [5, 5.41) is 0. The first-order valence-electron chi connectivity index (χ1n) is 8.73. The van der Waals surface area contributed by atoms with Crippen molar-refractivity contribution in [1.29, 1.82) is 0 Å².